The minimum Gasteiger partial charge on any atom is -0.336 e. The van der Waals surface area contributed by atoms with Crippen LogP contribution in [0.25, 0.3) is 0 Å². The van der Waals surface area contributed by atoms with Gasteiger partial charge in [0.2, 0.25) is 15.9 Å². The van der Waals surface area contributed by atoms with Gasteiger partial charge in [-0.25, -0.2) is 8.42 Å². The third-order valence-corrected chi connectivity index (χ3v) is 7.65. The summed E-state index contributed by atoms with van der Waals surface area (Å²) in [6.45, 7) is 10.3. The van der Waals surface area contributed by atoms with Gasteiger partial charge in [-0.1, -0.05) is 11.6 Å². The van der Waals surface area contributed by atoms with E-state index >= 15 is 0 Å². The monoisotopic (exact) mass is 483 g/mol. The van der Waals surface area contributed by atoms with Crippen LogP contribution >= 0.6 is 11.6 Å². The van der Waals surface area contributed by atoms with Gasteiger partial charge >= 0.3 is 6.18 Å². The minimum atomic E-state index is -4.75. The number of carbonyl (C=O) groups is 1. The summed E-state index contributed by atoms with van der Waals surface area (Å²) < 4.78 is 66.3. The lowest BCUT2D eigenvalue weighted by atomic mass is 10.1. The molecule has 11 heteroatoms. The Kier molecular flexibility index (Phi) is 8.05. The number of halogens is 4. The molecule has 0 aliphatic carbocycles. The smallest absolute Gasteiger partial charge is 0.336 e. The zero-order chi connectivity index (χ0) is 23.7. The molecular weight excluding hydrogens is 455 g/mol. The first-order chi connectivity index (χ1) is 14.2. The van der Waals surface area contributed by atoms with Crippen molar-refractivity contribution in [2.75, 3.05) is 26.2 Å². The van der Waals surface area contributed by atoms with Gasteiger partial charge in [0.05, 0.1) is 21.5 Å². The van der Waals surface area contributed by atoms with Crippen molar-refractivity contribution >= 4 is 27.5 Å². The van der Waals surface area contributed by atoms with Gasteiger partial charge in [-0.05, 0) is 52.8 Å². The number of piperazine rings is 1. The van der Waals surface area contributed by atoms with Crippen LogP contribution in [-0.2, 0) is 21.0 Å². The molecule has 0 N–H and O–H groups in total. The first-order valence-corrected chi connectivity index (χ1v) is 11.9. The number of nitrogens with zero attached hydrogens (tertiary/aromatic N) is 3. The molecule has 1 amide bonds. The van der Waals surface area contributed by atoms with Gasteiger partial charge < -0.3 is 4.90 Å². The average Bonchev–Trinajstić information content (AvgIpc) is 2.66. The maximum atomic E-state index is 13.1. The van der Waals surface area contributed by atoms with Crippen LogP contribution in [0, 0.1) is 0 Å². The highest BCUT2D eigenvalue weighted by Crippen LogP contribution is 2.36. The minimum absolute atomic E-state index is 0.0318. The Morgan fingerprint density at radius 1 is 1.03 bits per heavy atom. The van der Waals surface area contributed by atoms with Crippen LogP contribution in [0.1, 0.15) is 40.2 Å². The quantitative estimate of drug-likeness (QED) is 0.619. The van der Waals surface area contributed by atoms with Gasteiger partial charge in [0.25, 0.3) is 0 Å². The van der Waals surface area contributed by atoms with Crippen molar-refractivity contribution < 1.29 is 26.4 Å². The molecule has 1 aliphatic heterocycles. The number of carbonyl (C=O) groups excluding carboxylic acids is 1. The van der Waals surface area contributed by atoms with E-state index in [-0.39, 0.29) is 31.1 Å². The zero-order valence-corrected chi connectivity index (χ0v) is 19.9. The summed E-state index contributed by atoms with van der Waals surface area (Å²) >= 11 is 5.60. The van der Waals surface area contributed by atoms with E-state index in [1.54, 1.807) is 11.8 Å². The van der Waals surface area contributed by atoms with E-state index in [4.69, 9.17) is 11.6 Å². The van der Waals surface area contributed by atoms with Gasteiger partial charge in [-0.2, -0.15) is 17.5 Å². The largest absolute Gasteiger partial charge is 0.417 e. The van der Waals surface area contributed by atoms with Crippen LogP contribution in [0.3, 0.4) is 0 Å². The van der Waals surface area contributed by atoms with Crippen LogP contribution in [0.2, 0.25) is 5.02 Å². The number of rotatable bonds is 6. The number of amides is 1. The third kappa shape index (κ3) is 5.71. The predicted molar refractivity (Wildman–Crippen MR) is 113 cm³/mol. The van der Waals surface area contributed by atoms with E-state index in [0.717, 1.165) is 16.4 Å². The van der Waals surface area contributed by atoms with E-state index in [1.807, 2.05) is 32.6 Å². The van der Waals surface area contributed by atoms with Gasteiger partial charge in [0.1, 0.15) is 0 Å². The summed E-state index contributed by atoms with van der Waals surface area (Å²) in [5, 5.41) is -0.552. The molecule has 0 saturated carbocycles. The van der Waals surface area contributed by atoms with Crippen LogP contribution in [-0.4, -0.2) is 72.7 Å². The maximum Gasteiger partial charge on any atom is 0.417 e. The van der Waals surface area contributed by atoms with Crippen LogP contribution in [0.4, 0.5) is 13.2 Å². The third-order valence-electron chi connectivity index (χ3n) is 5.43. The van der Waals surface area contributed by atoms with Gasteiger partial charge in [0.15, 0.2) is 0 Å². The highest BCUT2D eigenvalue weighted by atomic mass is 35.5. The molecule has 2 rings (SSSR count). The molecular formula is C20H29ClF3N3O3S. The maximum absolute atomic E-state index is 13.1. The molecule has 0 aromatic heterocycles. The molecule has 1 unspecified atom stereocenters. The fraction of sp³-hybridized carbons (Fsp3) is 0.650. The molecule has 1 saturated heterocycles. The molecule has 0 spiro atoms. The second kappa shape index (κ2) is 9.64. The molecule has 31 heavy (non-hydrogen) atoms. The van der Waals surface area contributed by atoms with E-state index in [0.29, 0.717) is 19.2 Å². The van der Waals surface area contributed by atoms with Gasteiger partial charge in [0, 0.05) is 38.3 Å². The van der Waals surface area contributed by atoms with Crippen molar-refractivity contribution in [3.05, 3.63) is 28.8 Å². The first kappa shape index (κ1) is 25.9. The molecule has 0 radical (unpaired) electrons. The summed E-state index contributed by atoms with van der Waals surface area (Å²) in [7, 11) is -4.12. The molecule has 176 valence electrons. The zero-order valence-electron chi connectivity index (χ0n) is 18.3. The normalized spacial score (nSPS) is 17.9. The number of sulfonamides is 1. The average molecular weight is 484 g/mol. The Labute approximate surface area is 187 Å². The van der Waals surface area contributed by atoms with E-state index < -0.39 is 37.7 Å². The summed E-state index contributed by atoms with van der Waals surface area (Å²) in [6, 6.07) is 2.23. The molecule has 1 heterocycles. The summed E-state index contributed by atoms with van der Waals surface area (Å²) in [5.74, 6) is -0.0335. The number of alkyl halides is 3. The Balaban J connectivity index is 2.14. The molecule has 0 bridgehead atoms. The molecule has 1 aliphatic rings. The van der Waals surface area contributed by atoms with Crippen molar-refractivity contribution in [1.29, 1.82) is 0 Å². The highest BCUT2D eigenvalue weighted by Gasteiger charge is 2.37. The highest BCUT2D eigenvalue weighted by molar-refractivity contribution is 7.89. The fourth-order valence-electron chi connectivity index (χ4n) is 3.84. The topological polar surface area (TPSA) is 60.9 Å². The Hall–Kier alpha value is -1.36. The Morgan fingerprint density at radius 2 is 1.55 bits per heavy atom. The second-order valence-electron chi connectivity index (χ2n) is 8.19. The molecule has 1 fully saturated rings. The number of hydrogen-bond donors (Lipinski definition) is 0. The second-order valence-corrected chi connectivity index (χ2v) is 10.5. The summed E-state index contributed by atoms with van der Waals surface area (Å²) in [5.41, 5.74) is -1.18. The van der Waals surface area contributed by atoms with Crippen molar-refractivity contribution in [3.8, 4) is 0 Å². The SMILES string of the molecule is CC(C(=O)N(C(C)C)C(C)C)N1CCN(S(=O)(=O)c2ccc(Cl)c(C(F)(F)F)c2)CC1. The summed E-state index contributed by atoms with van der Waals surface area (Å²) in [4.78, 5) is 16.2. The van der Waals surface area contributed by atoms with Crippen LogP contribution < -0.4 is 0 Å². The molecule has 1 aromatic rings. The van der Waals surface area contributed by atoms with E-state index in [1.165, 1.54) is 0 Å². The summed E-state index contributed by atoms with van der Waals surface area (Å²) in [6.07, 6.45) is -4.75. The lowest BCUT2D eigenvalue weighted by Gasteiger charge is -2.40. The standard InChI is InChI=1S/C20H29ClF3N3O3S/c1-13(2)27(14(3)4)19(28)15(5)25-8-10-26(11-9-25)31(29,30)16-6-7-18(21)17(12-16)20(22,23)24/h6-7,12-15H,8-11H2,1-5H3. The van der Waals surface area contributed by atoms with Crippen LogP contribution in [0.15, 0.2) is 23.1 Å². The van der Waals surface area contributed by atoms with Crippen molar-refractivity contribution in [1.82, 2.24) is 14.1 Å². The van der Waals surface area contributed by atoms with E-state index in [2.05, 4.69) is 0 Å². The number of benzene rings is 1. The van der Waals surface area contributed by atoms with Crippen LogP contribution in [0.5, 0.6) is 0 Å². The van der Waals surface area contributed by atoms with Crippen molar-refractivity contribution in [2.45, 2.75) is 63.8 Å². The Bertz CT molecular complexity index is 891. The van der Waals surface area contributed by atoms with Gasteiger partial charge in [-0.3, -0.25) is 9.69 Å². The molecule has 1 aromatic carbocycles. The van der Waals surface area contributed by atoms with Crippen molar-refractivity contribution in [2.24, 2.45) is 0 Å². The lowest BCUT2D eigenvalue weighted by Crippen LogP contribution is -2.57. The molecule has 6 nitrogen and oxygen atoms in total. The van der Waals surface area contributed by atoms with E-state index in [9.17, 15) is 26.4 Å². The fourth-order valence-corrected chi connectivity index (χ4v) is 5.51. The van der Waals surface area contributed by atoms with Crippen molar-refractivity contribution in [3.63, 3.8) is 0 Å². The van der Waals surface area contributed by atoms with Gasteiger partial charge in [-0.15, -0.1) is 0 Å². The first-order valence-electron chi connectivity index (χ1n) is 10.1. The predicted octanol–water partition coefficient (Wildman–Crippen LogP) is 3.70. The molecule has 1 atom stereocenters. The lowest BCUT2D eigenvalue weighted by molar-refractivity contribution is -0.140. The number of hydrogen-bond acceptors (Lipinski definition) is 4. The Morgan fingerprint density at radius 3 is 2.00 bits per heavy atom.